The number of hydrogen-bond acceptors (Lipinski definition) is 21. The zero-order valence-corrected chi connectivity index (χ0v) is 35.7. The van der Waals surface area contributed by atoms with E-state index in [-0.39, 0.29) is 123 Å². The van der Waals surface area contributed by atoms with Gasteiger partial charge in [0.1, 0.15) is 0 Å². The first-order valence-electron chi connectivity index (χ1n) is 4.29. The Morgan fingerprint density at radius 1 is 0.250 bits per heavy atom. The summed E-state index contributed by atoms with van der Waals surface area (Å²) in [5.74, 6) is 0. The van der Waals surface area contributed by atoms with Gasteiger partial charge in [0.25, 0.3) is 0 Å². The van der Waals surface area contributed by atoms with Crippen LogP contribution in [0.4, 0.5) is 0 Å². The van der Waals surface area contributed by atoms with E-state index < -0.39 is 64.2 Å². The fourth-order valence-corrected chi connectivity index (χ4v) is 0. The molecule has 0 spiro atoms. The molecule has 0 aliphatic heterocycles. The van der Waals surface area contributed by atoms with Gasteiger partial charge in [0.2, 0.25) is 0 Å². The molecule has 0 heterocycles. The SMILES string of the molecule is O=[Si]([O-])[O-].O=[Si]([O-])[O-].O=[Si]([O-])[O-].O=[Si]([O-])[O-].O=[Si]([O-])[O-].O=[Si]([O-])[O-].O=[Si]([O-])[O-].[Hf+4].[Hf+4].[La+3].[La+3]. The van der Waals surface area contributed by atoms with E-state index in [9.17, 15) is 0 Å². The van der Waals surface area contributed by atoms with Crippen LogP contribution in [0.1, 0.15) is 0 Å². The topological polar surface area (TPSA) is 442 Å². The summed E-state index contributed by atoms with van der Waals surface area (Å²) >= 11 is 0. The Morgan fingerprint density at radius 2 is 0.250 bits per heavy atom. The predicted molar refractivity (Wildman–Crippen MR) is 45.1 cm³/mol. The van der Waals surface area contributed by atoms with E-state index in [2.05, 4.69) is 0 Å². The molecule has 0 bridgehead atoms. The molecule has 0 radical (unpaired) electrons. The maximum atomic E-state index is 8.52. The Labute approximate surface area is 281 Å². The Bertz CT molecular complexity index is 323. The predicted octanol–water partition coefficient (Wildman–Crippen LogP) is -20.1. The number of rotatable bonds is 0. The molecule has 0 unspecified atom stereocenters. The molecular weight excluding hydrogens is 1170 g/mol. The Hall–Kier alpha value is 1.45. The van der Waals surface area contributed by atoms with Gasteiger partial charge < -0.3 is 98.4 Å². The van der Waals surface area contributed by atoms with Gasteiger partial charge >= 0.3 is 123 Å². The largest absolute Gasteiger partial charge is 4.00 e. The van der Waals surface area contributed by atoms with Crippen molar-refractivity contribution in [3.05, 3.63) is 0 Å². The summed E-state index contributed by atoms with van der Waals surface area (Å²) in [5.41, 5.74) is 0. The van der Waals surface area contributed by atoms with Gasteiger partial charge in [-0.1, -0.05) is 0 Å². The van der Waals surface area contributed by atoms with Crippen LogP contribution in [0.25, 0.3) is 0 Å². The molecule has 0 fully saturated rings. The van der Waals surface area contributed by atoms with Crippen molar-refractivity contribution in [2.24, 2.45) is 0 Å². The van der Waals surface area contributed by atoms with E-state index in [1.165, 1.54) is 0 Å². The summed E-state index contributed by atoms with van der Waals surface area (Å²) in [6.45, 7) is 0. The summed E-state index contributed by atoms with van der Waals surface area (Å²) in [6, 6.07) is 0. The van der Waals surface area contributed by atoms with Gasteiger partial charge in [-0.3, -0.25) is 0 Å². The third-order valence-electron chi connectivity index (χ3n) is 0. The monoisotopic (exact) mass is 1170 g/mol. The van der Waals surface area contributed by atoms with Crippen molar-refractivity contribution in [1.29, 1.82) is 0 Å². The summed E-state index contributed by atoms with van der Waals surface area (Å²) in [6.07, 6.45) is 0. The maximum Gasteiger partial charge on any atom is 4.00 e. The molecule has 0 aromatic carbocycles. The van der Waals surface area contributed by atoms with E-state index in [1.54, 1.807) is 0 Å². The summed E-state index contributed by atoms with van der Waals surface area (Å²) in [7, 11) is -25.4. The van der Waals surface area contributed by atoms with Gasteiger partial charge in [0, 0.05) is 64.2 Å². The molecule has 0 aromatic rings. The zero-order valence-electron chi connectivity index (χ0n) is 14.2. The smallest absolute Gasteiger partial charge is 0.672 e. The third kappa shape index (κ3) is 13900. The fourth-order valence-electron chi connectivity index (χ4n) is 0. The quantitative estimate of drug-likeness (QED) is 0.203. The van der Waals surface area contributed by atoms with Crippen molar-refractivity contribution < 1.29 is 221 Å². The molecule has 21 nitrogen and oxygen atoms in total. The van der Waals surface area contributed by atoms with Crippen LogP contribution in [0.5, 0.6) is 0 Å². The summed E-state index contributed by atoms with van der Waals surface area (Å²) in [5, 5.41) is 0. The van der Waals surface area contributed by atoms with Gasteiger partial charge in [-0.05, 0) is 0 Å². The second-order valence-electron chi connectivity index (χ2n) is 1.75. The van der Waals surface area contributed by atoms with Crippen LogP contribution in [-0.4, -0.2) is 64.2 Å². The van der Waals surface area contributed by atoms with Crippen LogP contribution in [0.3, 0.4) is 0 Å². The second-order valence-corrected chi connectivity index (χ2v) is 5.25. The minimum Gasteiger partial charge on any atom is -0.672 e. The van der Waals surface area contributed by atoms with Crippen molar-refractivity contribution in [3.63, 3.8) is 0 Å². The molecule has 32 heavy (non-hydrogen) atoms. The average Bonchev–Trinajstić information content (AvgIpc) is 2.20. The number of hydrogen-bond donors (Lipinski definition) is 0. The molecule has 0 aliphatic rings. The third-order valence-corrected chi connectivity index (χ3v) is 0. The molecular formula is Hf2La2O21Si7. The van der Waals surface area contributed by atoms with E-state index in [4.69, 9.17) is 98.4 Å². The van der Waals surface area contributed by atoms with Crippen molar-refractivity contribution in [1.82, 2.24) is 0 Å². The maximum absolute atomic E-state index is 8.52. The van der Waals surface area contributed by atoms with Gasteiger partial charge in [-0.15, -0.1) is 0 Å². The molecule has 0 N–H and O–H groups in total. The van der Waals surface area contributed by atoms with Crippen LogP contribution in [0.2, 0.25) is 0 Å². The molecule has 168 valence electrons. The standard InChI is InChI=1S/2Hf.2La.7O3Si/c;;;;7*1-4(2)3/q2*+4;2*+3;7*-2. The van der Waals surface area contributed by atoms with Crippen molar-refractivity contribution in [3.8, 4) is 0 Å². The van der Waals surface area contributed by atoms with E-state index in [0.717, 1.165) is 0 Å². The van der Waals surface area contributed by atoms with Gasteiger partial charge in [-0.25, -0.2) is 0 Å². The normalized spacial score (nSPS) is 5.25. The molecule has 0 saturated carbocycles. The van der Waals surface area contributed by atoms with Crippen LogP contribution < -0.4 is 67.1 Å². The fraction of sp³-hybridized carbons (Fsp3) is 0. The molecule has 0 aromatic heterocycles. The summed E-state index contributed by atoms with van der Waals surface area (Å²) in [4.78, 5) is 119. The van der Waals surface area contributed by atoms with E-state index >= 15 is 0 Å². The molecule has 32 heteroatoms. The second kappa shape index (κ2) is 63.7. The minimum absolute atomic E-state index is 0. The average molecular weight is 1170 g/mol. The summed E-state index contributed by atoms with van der Waals surface area (Å²) < 4.78 is 59.6. The Balaban J connectivity index is -0.0000000175. The van der Waals surface area contributed by atoms with Crippen LogP contribution in [0, 0.1) is 71.2 Å². The van der Waals surface area contributed by atoms with E-state index in [1.807, 2.05) is 0 Å². The van der Waals surface area contributed by atoms with Crippen molar-refractivity contribution in [2.45, 2.75) is 0 Å². The van der Waals surface area contributed by atoms with Crippen molar-refractivity contribution >= 4 is 64.2 Å². The molecule has 0 aliphatic carbocycles. The van der Waals surface area contributed by atoms with Crippen LogP contribution >= 0.6 is 0 Å². The first kappa shape index (κ1) is 69.9. The zero-order chi connectivity index (χ0) is 25.0. The minimum atomic E-state index is -3.63. The molecule has 0 rings (SSSR count). The Morgan fingerprint density at radius 3 is 0.250 bits per heavy atom. The van der Waals surface area contributed by atoms with Crippen LogP contribution in [-0.2, 0) is 82.9 Å². The molecule has 0 saturated heterocycles. The van der Waals surface area contributed by atoms with Gasteiger partial charge in [-0.2, -0.15) is 0 Å². The first-order chi connectivity index (χ1) is 12.1. The van der Waals surface area contributed by atoms with Gasteiger partial charge in [0.15, 0.2) is 0 Å². The molecule has 0 atom stereocenters. The Kier molecular flexibility index (Phi) is 139. The van der Waals surface area contributed by atoms with Crippen LogP contribution in [0.15, 0.2) is 0 Å². The van der Waals surface area contributed by atoms with Gasteiger partial charge in [0.05, 0.1) is 0 Å². The van der Waals surface area contributed by atoms with E-state index in [0.29, 0.717) is 0 Å². The van der Waals surface area contributed by atoms with Crippen molar-refractivity contribution in [2.75, 3.05) is 0 Å². The first-order valence-corrected chi connectivity index (χ1v) is 12.9. The molecule has 0 amide bonds.